The van der Waals surface area contributed by atoms with Gasteiger partial charge in [-0.1, -0.05) is 49.4 Å². The minimum Gasteiger partial charge on any atom is -0.417 e. The lowest BCUT2D eigenvalue weighted by Gasteiger charge is -2.38. The number of benzene rings is 2. The molecule has 4 N–H and O–H groups in total. The predicted molar refractivity (Wildman–Crippen MR) is 314 cm³/mol. The Morgan fingerprint density at radius 1 is 0.591 bits per heavy atom. The maximum Gasteiger partial charge on any atom is 0.437 e. The van der Waals surface area contributed by atoms with E-state index in [0.29, 0.717) is 122 Å². The first-order valence-corrected chi connectivity index (χ1v) is 30.2. The molecule has 0 bridgehead atoms. The van der Waals surface area contributed by atoms with Gasteiger partial charge in [0.2, 0.25) is 17.4 Å². The molecule has 2 unspecified atom stereocenters. The van der Waals surface area contributed by atoms with E-state index in [1.807, 2.05) is 45.9 Å². The lowest BCUT2D eigenvalue weighted by Crippen LogP contribution is -2.53. The number of hydrogen-bond acceptors (Lipinski definition) is 16. The van der Waals surface area contributed by atoms with Gasteiger partial charge in [-0.25, -0.2) is 9.97 Å². The highest BCUT2D eigenvalue weighted by Crippen LogP contribution is 2.41. The van der Waals surface area contributed by atoms with Gasteiger partial charge in [-0.15, -0.1) is 0 Å². The molecule has 6 aromatic rings. The summed E-state index contributed by atoms with van der Waals surface area (Å²) in [6.07, 6.45) is -1.82. The SMILES string of the molecule is CC1CCCN(c2nc(C(F)(F)F)c(C(=O)Nc3ccc(N4CCN(C(=O)[C@H](O)C5CCC(c6ccc(C7CCN(c8nc(C(F)(F)F)c(C(=O)Nc9ccc(N%10CCN(C(=O)C%11Cc%12ccccc%12N%11)CC%10)nc9)o8)CC7)cc6)CC5)CC4)nc3)o2)C1. The Kier molecular flexibility index (Phi) is 17.0. The summed E-state index contributed by atoms with van der Waals surface area (Å²) in [4.78, 5) is 80.5. The van der Waals surface area contributed by atoms with Gasteiger partial charge >= 0.3 is 12.4 Å². The highest BCUT2D eigenvalue weighted by atomic mass is 19.4. The molecule has 3 atom stereocenters. The fourth-order valence-corrected chi connectivity index (χ4v) is 13.2. The van der Waals surface area contributed by atoms with Crippen molar-refractivity contribution in [1.29, 1.82) is 0 Å². The van der Waals surface area contributed by atoms with Gasteiger partial charge in [0, 0.05) is 90.6 Å². The maximum atomic E-state index is 14.4. The van der Waals surface area contributed by atoms with Crippen LogP contribution in [0.1, 0.15) is 119 Å². The molecular formula is C62H69F6N13O7. The molecule has 466 valence electrons. The van der Waals surface area contributed by atoms with Gasteiger partial charge in [0.05, 0.1) is 23.8 Å². The number of piperidine rings is 2. The second-order valence-electron chi connectivity index (χ2n) is 23.9. The molecule has 12 rings (SSSR count). The van der Waals surface area contributed by atoms with Crippen LogP contribution in [0.25, 0.3) is 0 Å². The van der Waals surface area contributed by atoms with Gasteiger partial charge in [-0.2, -0.15) is 36.3 Å². The molecule has 26 heteroatoms. The smallest absolute Gasteiger partial charge is 0.417 e. The summed E-state index contributed by atoms with van der Waals surface area (Å²) in [6, 6.07) is 21.9. The van der Waals surface area contributed by atoms with E-state index in [1.165, 1.54) is 18.5 Å². The van der Waals surface area contributed by atoms with Gasteiger partial charge in [-0.05, 0) is 122 Å². The number of oxazole rings is 2. The molecule has 1 saturated carbocycles. The number of hydrogen-bond donors (Lipinski definition) is 4. The molecule has 6 aliphatic rings. The fraction of sp³-hybridized carbons (Fsp3) is 0.484. The summed E-state index contributed by atoms with van der Waals surface area (Å²) in [6.45, 7) is 7.24. The molecule has 4 amide bonds. The number of pyridine rings is 2. The first-order chi connectivity index (χ1) is 42.3. The Hall–Kier alpha value is -8.42. The van der Waals surface area contributed by atoms with Crippen molar-refractivity contribution in [2.24, 2.45) is 11.8 Å². The van der Waals surface area contributed by atoms with Crippen molar-refractivity contribution in [2.45, 2.75) is 101 Å². The molecule has 0 radical (unpaired) electrons. The lowest BCUT2D eigenvalue weighted by molar-refractivity contribution is -0.144. The Morgan fingerprint density at radius 2 is 1.10 bits per heavy atom. The second kappa shape index (κ2) is 25.0. The van der Waals surface area contributed by atoms with Crippen LogP contribution in [0.4, 0.5) is 67.1 Å². The Morgan fingerprint density at radius 3 is 1.60 bits per heavy atom. The number of aliphatic hydroxyl groups excluding tert-OH is 1. The van der Waals surface area contributed by atoms with Gasteiger partial charge < -0.3 is 59.3 Å². The summed E-state index contributed by atoms with van der Waals surface area (Å²) < 4.78 is 96.1. The first-order valence-electron chi connectivity index (χ1n) is 30.2. The number of piperazine rings is 2. The number of nitrogens with one attached hydrogen (secondary N) is 3. The van der Waals surface area contributed by atoms with Crippen LogP contribution in [-0.2, 0) is 28.4 Å². The monoisotopic (exact) mass is 1220 g/mol. The number of amides is 4. The van der Waals surface area contributed by atoms with E-state index in [-0.39, 0.29) is 64.9 Å². The number of aromatic nitrogens is 4. The summed E-state index contributed by atoms with van der Waals surface area (Å²) in [5.41, 5.74) is 1.88. The largest absolute Gasteiger partial charge is 0.437 e. The van der Waals surface area contributed by atoms with Crippen molar-refractivity contribution >= 4 is 64.4 Å². The van der Waals surface area contributed by atoms with Crippen LogP contribution >= 0.6 is 0 Å². The number of anilines is 7. The number of aliphatic hydroxyl groups is 1. The van der Waals surface area contributed by atoms with Crippen LogP contribution < -0.4 is 35.6 Å². The van der Waals surface area contributed by atoms with Crippen LogP contribution in [-0.4, -0.2) is 149 Å². The van der Waals surface area contributed by atoms with Crippen LogP contribution in [0.5, 0.6) is 0 Å². The molecule has 0 spiro atoms. The number of alkyl halides is 6. The molecular weight excluding hydrogens is 1150 g/mol. The standard InChI is InChI=1S/C62H69F6N13O7/c1-37-5-4-22-81(36-37)60-75-54(62(66,67)68)52(88-60)56(84)72-45-17-19-49(70-35-45)77-27-31-79(32-28-77)58(86)50(82)42-14-12-39(13-15-42)38-8-10-40(11-9-38)41-20-23-80(24-21-41)59-74-53(61(63,64)65)51(87-59)55(83)71-44-16-18-48(69-34-44)76-25-29-78(30-26-76)57(85)47-33-43-6-2-3-7-46(43)73-47/h2-3,6-11,16-19,34-35,37,39,41-42,47,50,73,82H,4-5,12-15,20-33,36H2,1H3,(H,71,83)(H,72,84)/t37?,39?,42?,47?,50-/m1/s1. The van der Waals surface area contributed by atoms with E-state index in [2.05, 4.69) is 60.2 Å². The van der Waals surface area contributed by atoms with Gasteiger partial charge in [0.15, 0.2) is 11.4 Å². The van der Waals surface area contributed by atoms with Crippen LogP contribution in [0.2, 0.25) is 0 Å². The van der Waals surface area contributed by atoms with Crippen LogP contribution in [0, 0.1) is 11.8 Å². The van der Waals surface area contributed by atoms with Crippen molar-refractivity contribution < 1.29 is 59.5 Å². The summed E-state index contributed by atoms with van der Waals surface area (Å²) in [5.74, 6) is -2.79. The zero-order valence-corrected chi connectivity index (χ0v) is 48.5. The van der Waals surface area contributed by atoms with E-state index >= 15 is 0 Å². The third-order valence-electron chi connectivity index (χ3n) is 18.1. The van der Waals surface area contributed by atoms with Crippen molar-refractivity contribution in [3.63, 3.8) is 0 Å². The Balaban J connectivity index is 0.569. The third-order valence-corrected chi connectivity index (χ3v) is 18.1. The van der Waals surface area contributed by atoms with Crippen molar-refractivity contribution in [3.8, 4) is 0 Å². The first kappa shape index (κ1) is 59.9. The molecule has 1 aliphatic carbocycles. The summed E-state index contributed by atoms with van der Waals surface area (Å²) in [7, 11) is 0. The number of carbonyl (C=O) groups excluding carboxylic acids is 4. The molecule has 4 aromatic heterocycles. The molecule has 2 aromatic carbocycles. The van der Waals surface area contributed by atoms with Gasteiger partial charge in [-0.3, -0.25) is 19.2 Å². The van der Waals surface area contributed by atoms with Gasteiger partial charge in [0.25, 0.3) is 29.8 Å². The number of para-hydroxylation sites is 1. The third kappa shape index (κ3) is 13.1. The number of halogens is 6. The topological polar surface area (TPSA) is 222 Å². The molecule has 9 heterocycles. The zero-order valence-electron chi connectivity index (χ0n) is 48.5. The Bertz CT molecular complexity index is 3430. The summed E-state index contributed by atoms with van der Waals surface area (Å²) >= 11 is 0. The van der Waals surface area contributed by atoms with Gasteiger partial charge in [0.1, 0.15) is 23.8 Å². The van der Waals surface area contributed by atoms with E-state index < -0.39 is 53.2 Å². The van der Waals surface area contributed by atoms with Crippen molar-refractivity contribution in [1.82, 2.24) is 29.7 Å². The number of nitrogens with zero attached hydrogens (tertiary/aromatic N) is 10. The average Bonchev–Trinajstić information content (AvgIpc) is 2.25. The maximum absolute atomic E-state index is 14.4. The molecule has 5 fully saturated rings. The van der Waals surface area contributed by atoms with E-state index in [0.717, 1.165) is 48.1 Å². The molecule has 5 aliphatic heterocycles. The number of rotatable bonds is 13. The zero-order chi connectivity index (χ0) is 61.4. The normalized spacial score (nSPS) is 21.6. The van der Waals surface area contributed by atoms with E-state index in [4.69, 9.17) is 8.83 Å². The summed E-state index contributed by atoms with van der Waals surface area (Å²) in [5, 5.41) is 19.6. The number of fused-ring (bicyclic) bond motifs is 1. The van der Waals surface area contributed by atoms with E-state index in [9.17, 15) is 50.6 Å². The van der Waals surface area contributed by atoms with Crippen molar-refractivity contribution in [2.75, 3.05) is 114 Å². The highest BCUT2D eigenvalue weighted by molar-refractivity contribution is 6.04. The highest BCUT2D eigenvalue weighted by Gasteiger charge is 2.44. The fourth-order valence-electron chi connectivity index (χ4n) is 13.2. The second-order valence-corrected chi connectivity index (χ2v) is 23.9. The quantitative estimate of drug-likeness (QED) is 0.0791. The van der Waals surface area contributed by atoms with E-state index in [1.54, 1.807) is 32.9 Å². The average molecular weight is 1220 g/mol. The molecule has 88 heavy (non-hydrogen) atoms. The Labute approximate surface area is 503 Å². The molecule has 20 nitrogen and oxygen atoms in total. The van der Waals surface area contributed by atoms with Crippen molar-refractivity contribution in [3.05, 3.63) is 125 Å². The molecule has 4 saturated heterocycles. The predicted octanol–water partition coefficient (Wildman–Crippen LogP) is 9.28. The minimum absolute atomic E-state index is 0.0401. The van der Waals surface area contributed by atoms with Crippen LogP contribution in [0.15, 0.2) is 94.0 Å². The number of carbonyl (C=O) groups is 4. The minimum atomic E-state index is -4.96. The van der Waals surface area contributed by atoms with Crippen LogP contribution in [0.3, 0.4) is 0 Å². The lowest BCUT2D eigenvalue weighted by atomic mass is 9.76.